The first-order valence-electron chi connectivity index (χ1n) is 24.6. The van der Waals surface area contributed by atoms with Crippen LogP contribution in [0.1, 0.15) is 42.8 Å². The SMILES string of the molecule is CC1(C)c2ccccc2-c2c(N(c3ccc(-c4ccccc4)cc3)c3ccc4oc5ccc(-c6ccc7c(c6)C6(c8nc(-c9ccccc9)nc(-c9ccccc9)n8)CC=CC=C6O7)cc5c4c3)cccc21. The molecule has 6 heteroatoms. The number of fused-ring (bicyclic) bond motifs is 9. The van der Waals surface area contributed by atoms with Crippen molar-refractivity contribution in [3.05, 3.63) is 259 Å². The summed E-state index contributed by atoms with van der Waals surface area (Å²) in [6.45, 7) is 4.68. The van der Waals surface area contributed by atoms with Gasteiger partial charge in [-0.15, -0.1) is 0 Å². The molecular formula is C66H46N4O2. The molecule has 3 heterocycles. The van der Waals surface area contributed by atoms with Gasteiger partial charge in [-0.2, -0.15) is 0 Å². The van der Waals surface area contributed by atoms with Crippen molar-refractivity contribution >= 4 is 39.0 Å². The molecule has 6 nitrogen and oxygen atoms in total. The molecule has 3 aliphatic rings. The summed E-state index contributed by atoms with van der Waals surface area (Å²) in [7, 11) is 0. The number of aromatic nitrogens is 3. The molecule has 0 radical (unpaired) electrons. The Morgan fingerprint density at radius 2 is 1.06 bits per heavy atom. The number of ether oxygens (including phenoxy) is 1. The Morgan fingerprint density at radius 1 is 0.472 bits per heavy atom. The van der Waals surface area contributed by atoms with Crippen molar-refractivity contribution in [3.63, 3.8) is 0 Å². The molecule has 0 amide bonds. The maximum absolute atomic E-state index is 6.75. The predicted molar refractivity (Wildman–Crippen MR) is 291 cm³/mol. The summed E-state index contributed by atoms with van der Waals surface area (Å²) in [5, 5.41) is 2.08. The van der Waals surface area contributed by atoms with E-state index in [0.29, 0.717) is 23.9 Å². The van der Waals surface area contributed by atoms with Crippen molar-refractivity contribution in [2.45, 2.75) is 31.1 Å². The van der Waals surface area contributed by atoms with Crippen LogP contribution in [0.25, 0.3) is 78.1 Å². The van der Waals surface area contributed by atoms with Crippen LogP contribution in [0.5, 0.6) is 5.75 Å². The van der Waals surface area contributed by atoms with Crippen LogP contribution in [-0.4, -0.2) is 15.0 Å². The van der Waals surface area contributed by atoms with Crippen LogP contribution >= 0.6 is 0 Å². The lowest BCUT2D eigenvalue weighted by Gasteiger charge is -2.29. The van der Waals surface area contributed by atoms with E-state index in [1.165, 1.54) is 33.4 Å². The van der Waals surface area contributed by atoms with Crippen LogP contribution in [0.4, 0.5) is 17.1 Å². The standard InChI is InChI=1S/C66H46N4O2/c1-65(2)53-24-13-12-23-50(53)61-54(65)25-16-26-56(61)70(48-32-28-43(29-33-48)42-17-6-3-7-18-42)49-34-37-58-52(41-49)51-39-46(30-35-57(51)71-58)47-31-36-59-55(40-47)66(38-15-14-27-60(66)72-59)64-68-62(44-19-8-4-9-20-44)67-63(69-64)45-21-10-5-11-22-45/h3-37,39-41H,38H2,1-2H3. The number of hydrogen-bond acceptors (Lipinski definition) is 6. The summed E-state index contributed by atoms with van der Waals surface area (Å²) in [4.78, 5) is 18.0. The number of nitrogens with zero attached hydrogens (tertiary/aromatic N) is 4. The third-order valence-corrected chi connectivity index (χ3v) is 15.1. The summed E-state index contributed by atoms with van der Waals surface area (Å²) in [6.07, 6.45) is 6.95. The van der Waals surface area contributed by atoms with E-state index in [2.05, 4.69) is 189 Å². The molecule has 0 saturated heterocycles. The van der Waals surface area contributed by atoms with Gasteiger partial charge in [-0.25, -0.2) is 15.0 Å². The molecule has 0 bridgehead atoms. The first kappa shape index (κ1) is 41.8. The van der Waals surface area contributed by atoms with E-state index in [-0.39, 0.29) is 5.41 Å². The molecule has 0 saturated carbocycles. The molecule has 14 rings (SSSR count). The minimum atomic E-state index is -0.770. The van der Waals surface area contributed by atoms with Crippen LogP contribution in [-0.2, 0) is 10.8 Å². The highest BCUT2D eigenvalue weighted by Gasteiger charge is 2.50. The van der Waals surface area contributed by atoms with Crippen molar-refractivity contribution in [1.29, 1.82) is 0 Å². The molecule has 0 spiro atoms. The second kappa shape index (κ2) is 16.2. The van der Waals surface area contributed by atoms with Crippen LogP contribution in [0, 0.1) is 0 Å². The molecule has 0 fully saturated rings. The van der Waals surface area contributed by atoms with Gasteiger partial charge in [-0.1, -0.05) is 178 Å². The van der Waals surface area contributed by atoms with E-state index in [4.69, 9.17) is 24.1 Å². The van der Waals surface area contributed by atoms with E-state index < -0.39 is 5.41 Å². The van der Waals surface area contributed by atoms with Gasteiger partial charge in [0.15, 0.2) is 17.5 Å². The summed E-state index contributed by atoms with van der Waals surface area (Å²) < 4.78 is 13.4. The molecule has 1 atom stereocenters. The van der Waals surface area contributed by atoms with Crippen molar-refractivity contribution in [2.75, 3.05) is 4.90 Å². The number of rotatable bonds is 8. The maximum Gasteiger partial charge on any atom is 0.163 e. The average molecular weight is 927 g/mol. The maximum atomic E-state index is 6.75. The normalized spacial score (nSPS) is 15.9. The number of allylic oxidation sites excluding steroid dienone is 4. The zero-order chi connectivity index (χ0) is 48.0. The largest absolute Gasteiger partial charge is 0.460 e. The third kappa shape index (κ3) is 6.52. The van der Waals surface area contributed by atoms with Crippen LogP contribution < -0.4 is 9.64 Å². The van der Waals surface area contributed by atoms with E-state index >= 15 is 0 Å². The molecular weight excluding hydrogens is 881 g/mol. The van der Waals surface area contributed by atoms with Gasteiger partial charge in [0.05, 0.1) is 5.69 Å². The van der Waals surface area contributed by atoms with Crippen LogP contribution in [0.3, 0.4) is 0 Å². The fraction of sp³-hybridized carbons (Fsp3) is 0.0758. The van der Waals surface area contributed by atoms with Crippen molar-refractivity contribution in [1.82, 2.24) is 15.0 Å². The Hall–Kier alpha value is -9.13. The summed E-state index contributed by atoms with van der Waals surface area (Å²) in [6, 6.07) is 75.2. The summed E-state index contributed by atoms with van der Waals surface area (Å²) >= 11 is 0. The number of benzene rings is 9. The molecule has 1 aliphatic heterocycles. The zero-order valence-corrected chi connectivity index (χ0v) is 39.8. The minimum absolute atomic E-state index is 0.151. The molecule has 342 valence electrons. The fourth-order valence-corrected chi connectivity index (χ4v) is 11.4. The van der Waals surface area contributed by atoms with Gasteiger partial charge in [0, 0.05) is 49.8 Å². The van der Waals surface area contributed by atoms with E-state index in [0.717, 1.165) is 78.3 Å². The Bertz CT molecular complexity index is 3950. The number of anilines is 3. The van der Waals surface area contributed by atoms with E-state index in [9.17, 15) is 0 Å². The lowest BCUT2D eigenvalue weighted by Crippen LogP contribution is -2.31. The highest BCUT2D eigenvalue weighted by atomic mass is 16.5. The minimum Gasteiger partial charge on any atom is -0.460 e. The Balaban J connectivity index is 0.908. The van der Waals surface area contributed by atoms with Gasteiger partial charge < -0.3 is 14.1 Å². The first-order chi connectivity index (χ1) is 35.4. The monoisotopic (exact) mass is 926 g/mol. The fourth-order valence-electron chi connectivity index (χ4n) is 11.4. The molecule has 72 heavy (non-hydrogen) atoms. The quantitative estimate of drug-likeness (QED) is 0.151. The third-order valence-electron chi connectivity index (χ3n) is 15.1. The topological polar surface area (TPSA) is 64.3 Å². The van der Waals surface area contributed by atoms with Gasteiger partial charge in [0.25, 0.3) is 0 Å². The van der Waals surface area contributed by atoms with Crippen LogP contribution in [0.2, 0.25) is 0 Å². The van der Waals surface area contributed by atoms with Gasteiger partial charge in [-0.3, -0.25) is 0 Å². The molecule has 9 aromatic carbocycles. The van der Waals surface area contributed by atoms with Crippen LogP contribution in [0.15, 0.2) is 241 Å². The second-order valence-electron chi connectivity index (χ2n) is 19.5. The summed E-state index contributed by atoms with van der Waals surface area (Å²) in [5.74, 6) is 3.50. The van der Waals surface area contributed by atoms with Crippen molar-refractivity contribution < 1.29 is 9.15 Å². The number of hydrogen-bond donors (Lipinski definition) is 0. The molecule has 1 unspecified atom stereocenters. The zero-order valence-electron chi connectivity index (χ0n) is 39.8. The Morgan fingerprint density at radius 3 is 1.79 bits per heavy atom. The molecule has 2 aromatic heterocycles. The van der Waals surface area contributed by atoms with Crippen molar-refractivity contribution in [3.8, 4) is 61.9 Å². The highest BCUT2D eigenvalue weighted by Crippen LogP contribution is 2.56. The summed E-state index contributed by atoms with van der Waals surface area (Å²) in [5.41, 5.74) is 16.5. The van der Waals surface area contributed by atoms with Gasteiger partial charge in [0.2, 0.25) is 0 Å². The number of furan rings is 1. The predicted octanol–water partition coefficient (Wildman–Crippen LogP) is 16.7. The second-order valence-corrected chi connectivity index (χ2v) is 19.5. The molecule has 0 N–H and O–H groups in total. The average Bonchev–Trinajstić information content (AvgIpc) is 4.07. The van der Waals surface area contributed by atoms with Gasteiger partial charge in [-0.05, 0) is 112 Å². The van der Waals surface area contributed by atoms with Gasteiger partial charge >= 0.3 is 0 Å². The van der Waals surface area contributed by atoms with E-state index in [1.807, 2.05) is 60.7 Å². The lowest BCUT2D eigenvalue weighted by molar-refractivity contribution is 0.382. The molecule has 2 aliphatic carbocycles. The lowest BCUT2D eigenvalue weighted by atomic mass is 9.73. The van der Waals surface area contributed by atoms with Crippen molar-refractivity contribution in [2.24, 2.45) is 0 Å². The Kier molecular flexibility index (Phi) is 9.42. The molecule has 11 aromatic rings. The van der Waals surface area contributed by atoms with Gasteiger partial charge in [0.1, 0.15) is 28.1 Å². The highest BCUT2D eigenvalue weighted by molar-refractivity contribution is 6.08. The first-order valence-corrected chi connectivity index (χ1v) is 24.6. The smallest absolute Gasteiger partial charge is 0.163 e. The van der Waals surface area contributed by atoms with E-state index in [1.54, 1.807) is 0 Å². The Labute approximate surface area is 417 Å².